The predicted molar refractivity (Wildman–Crippen MR) is 68.1 cm³/mol. The molecule has 0 saturated heterocycles. The molecule has 2 N–H and O–H groups in total. The summed E-state index contributed by atoms with van der Waals surface area (Å²) in [6.07, 6.45) is 1.09. The van der Waals surface area contributed by atoms with Crippen LogP contribution in [0.3, 0.4) is 0 Å². The summed E-state index contributed by atoms with van der Waals surface area (Å²) in [5.74, 6) is 0.110. The minimum absolute atomic E-state index is 0.110. The monoisotopic (exact) mass is 245 g/mol. The minimum Gasteiger partial charge on any atom is -0.338 e. The number of hydrogen-bond acceptors (Lipinski definition) is 3. The second-order valence-corrected chi connectivity index (χ2v) is 3.88. The first-order chi connectivity index (χ1) is 8.61. The molecule has 5 nitrogen and oxygen atoms in total. The zero-order valence-electron chi connectivity index (χ0n) is 10.2. The van der Waals surface area contributed by atoms with Crippen molar-refractivity contribution in [2.75, 3.05) is 11.9 Å². The summed E-state index contributed by atoms with van der Waals surface area (Å²) in [6.45, 7) is 1.97. The van der Waals surface area contributed by atoms with E-state index in [4.69, 9.17) is 5.26 Å². The van der Waals surface area contributed by atoms with Gasteiger partial charge in [-0.25, -0.2) is 4.79 Å². The molecule has 2 amide bonds. The molecule has 0 aromatic heterocycles. The van der Waals surface area contributed by atoms with Crippen molar-refractivity contribution in [1.29, 1.82) is 5.26 Å². The zero-order valence-corrected chi connectivity index (χ0v) is 10.2. The number of amides is 2. The van der Waals surface area contributed by atoms with Gasteiger partial charge in [0.25, 0.3) is 0 Å². The lowest BCUT2D eigenvalue weighted by Gasteiger charge is -2.07. The molecule has 0 aliphatic rings. The van der Waals surface area contributed by atoms with E-state index in [2.05, 4.69) is 10.6 Å². The Morgan fingerprint density at radius 1 is 1.39 bits per heavy atom. The molecule has 0 bridgehead atoms. The van der Waals surface area contributed by atoms with Gasteiger partial charge < -0.3 is 15.4 Å². The van der Waals surface area contributed by atoms with Crippen molar-refractivity contribution in [2.45, 2.75) is 19.8 Å². The predicted octanol–water partition coefficient (Wildman–Crippen LogP) is 2.05. The molecule has 0 heterocycles. The number of urea groups is 1. The van der Waals surface area contributed by atoms with Gasteiger partial charge in [-0.05, 0) is 31.5 Å². The summed E-state index contributed by atoms with van der Waals surface area (Å²) in [6, 6.07) is 8.31. The molecule has 0 aliphatic carbocycles. The highest BCUT2D eigenvalue weighted by atomic mass is 16.2. The molecular formula is C13H15N3O2. The molecule has 0 saturated carbocycles. The van der Waals surface area contributed by atoms with Gasteiger partial charge >= 0.3 is 6.03 Å². The van der Waals surface area contributed by atoms with E-state index in [1.54, 1.807) is 24.3 Å². The first-order valence-electron chi connectivity index (χ1n) is 5.66. The van der Waals surface area contributed by atoms with Crippen molar-refractivity contribution in [3.63, 3.8) is 0 Å². The average Bonchev–Trinajstić information content (AvgIpc) is 2.34. The maximum Gasteiger partial charge on any atom is 0.319 e. The van der Waals surface area contributed by atoms with E-state index in [-0.39, 0.29) is 11.8 Å². The highest BCUT2D eigenvalue weighted by molar-refractivity contribution is 5.89. The summed E-state index contributed by atoms with van der Waals surface area (Å²) in [4.78, 5) is 22.2. The maximum atomic E-state index is 11.5. The van der Waals surface area contributed by atoms with Gasteiger partial charge in [-0.2, -0.15) is 5.26 Å². The van der Waals surface area contributed by atoms with E-state index in [1.807, 2.05) is 6.07 Å². The van der Waals surface area contributed by atoms with Crippen LogP contribution in [0.1, 0.15) is 25.3 Å². The molecule has 1 aromatic carbocycles. The number of carbonyl (C=O) groups is 2. The molecule has 0 unspecified atom stereocenters. The van der Waals surface area contributed by atoms with Crippen LogP contribution < -0.4 is 10.6 Å². The van der Waals surface area contributed by atoms with Gasteiger partial charge in [0.2, 0.25) is 0 Å². The number of ketones is 1. The van der Waals surface area contributed by atoms with Gasteiger partial charge in [0.05, 0.1) is 11.6 Å². The van der Waals surface area contributed by atoms with Crippen LogP contribution in [0.5, 0.6) is 0 Å². The highest BCUT2D eigenvalue weighted by Crippen LogP contribution is 2.09. The number of nitriles is 1. The van der Waals surface area contributed by atoms with Crippen LogP contribution >= 0.6 is 0 Å². The molecule has 1 rings (SSSR count). The van der Waals surface area contributed by atoms with Crippen LogP contribution in [0.25, 0.3) is 0 Å². The number of rotatable bonds is 5. The third-order valence-electron chi connectivity index (χ3n) is 2.24. The van der Waals surface area contributed by atoms with Crippen LogP contribution in [0, 0.1) is 11.3 Å². The zero-order chi connectivity index (χ0) is 13.4. The second kappa shape index (κ2) is 7.07. The van der Waals surface area contributed by atoms with Gasteiger partial charge in [-0.15, -0.1) is 0 Å². The molecule has 0 aliphatic heterocycles. The Hall–Kier alpha value is -2.35. The quantitative estimate of drug-likeness (QED) is 0.779. The van der Waals surface area contributed by atoms with Crippen LogP contribution in [0.4, 0.5) is 10.5 Å². The molecule has 0 radical (unpaired) electrons. The van der Waals surface area contributed by atoms with Crippen molar-refractivity contribution in [1.82, 2.24) is 5.32 Å². The molecule has 0 fully saturated rings. The minimum atomic E-state index is -0.339. The lowest BCUT2D eigenvalue weighted by Crippen LogP contribution is -2.29. The van der Waals surface area contributed by atoms with Crippen LogP contribution in [-0.2, 0) is 4.79 Å². The number of Topliss-reactive ketones (excluding diaryl/α,β-unsaturated/α-hetero) is 1. The van der Waals surface area contributed by atoms with Crippen LogP contribution in [-0.4, -0.2) is 18.4 Å². The van der Waals surface area contributed by atoms with Gasteiger partial charge in [0, 0.05) is 18.7 Å². The van der Waals surface area contributed by atoms with E-state index < -0.39 is 0 Å². The van der Waals surface area contributed by atoms with Gasteiger partial charge in [0.15, 0.2) is 0 Å². The van der Waals surface area contributed by atoms with Crippen LogP contribution in [0.15, 0.2) is 24.3 Å². The number of hydrogen-bond donors (Lipinski definition) is 2. The highest BCUT2D eigenvalue weighted by Gasteiger charge is 2.02. The summed E-state index contributed by atoms with van der Waals surface area (Å²) in [5, 5.41) is 14.0. The number of benzene rings is 1. The molecule has 1 aromatic rings. The normalized spacial score (nSPS) is 9.33. The Morgan fingerprint density at radius 2 is 2.17 bits per heavy atom. The van der Waals surface area contributed by atoms with Crippen molar-refractivity contribution in [2.24, 2.45) is 0 Å². The fraction of sp³-hybridized carbons (Fsp3) is 0.308. The Bertz CT molecular complexity index is 477. The summed E-state index contributed by atoms with van der Waals surface area (Å²) in [7, 11) is 0. The summed E-state index contributed by atoms with van der Waals surface area (Å²) in [5.41, 5.74) is 1.06. The largest absolute Gasteiger partial charge is 0.338 e. The SMILES string of the molecule is CC(=O)CCCNC(=O)Nc1cccc(C#N)c1. The van der Waals surface area contributed by atoms with Gasteiger partial charge in [-0.1, -0.05) is 6.07 Å². The standard InChI is InChI=1S/C13H15N3O2/c1-10(17)4-3-7-15-13(18)16-12-6-2-5-11(8-12)9-14/h2,5-6,8H,3-4,7H2,1H3,(H2,15,16,18). The maximum absolute atomic E-state index is 11.5. The third kappa shape index (κ3) is 5.12. The van der Waals surface area contributed by atoms with Crippen molar-refractivity contribution < 1.29 is 9.59 Å². The third-order valence-corrected chi connectivity index (χ3v) is 2.24. The van der Waals surface area contributed by atoms with E-state index >= 15 is 0 Å². The molecular weight excluding hydrogens is 230 g/mol. The van der Waals surface area contributed by atoms with Gasteiger partial charge in [0.1, 0.15) is 5.78 Å². The lowest BCUT2D eigenvalue weighted by molar-refractivity contribution is -0.117. The fourth-order valence-electron chi connectivity index (χ4n) is 1.38. The van der Waals surface area contributed by atoms with E-state index in [9.17, 15) is 9.59 Å². The number of anilines is 1. The van der Waals surface area contributed by atoms with Crippen molar-refractivity contribution >= 4 is 17.5 Å². The van der Waals surface area contributed by atoms with Gasteiger partial charge in [-0.3, -0.25) is 0 Å². The molecule has 0 atom stereocenters. The van der Waals surface area contributed by atoms with E-state index in [1.165, 1.54) is 6.92 Å². The molecule has 0 spiro atoms. The summed E-state index contributed by atoms with van der Waals surface area (Å²) < 4.78 is 0. The lowest BCUT2D eigenvalue weighted by atomic mass is 10.2. The smallest absolute Gasteiger partial charge is 0.319 e. The number of nitrogens with one attached hydrogen (secondary N) is 2. The first kappa shape index (κ1) is 13.7. The Morgan fingerprint density at radius 3 is 2.83 bits per heavy atom. The van der Waals surface area contributed by atoms with Crippen molar-refractivity contribution in [3.8, 4) is 6.07 Å². The number of nitrogens with zero attached hydrogens (tertiary/aromatic N) is 1. The molecule has 18 heavy (non-hydrogen) atoms. The Labute approximate surface area is 106 Å². The average molecular weight is 245 g/mol. The molecule has 94 valence electrons. The topological polar surface area (TPSA) is 82.0 Å². The molecule has 5 heteroatoms. The number of carbonyl (C=O) groups excluding carboxylic acids is 2. The second-order valence-electron chi connectivity index (χ2n) is 3.88. The van der Waals surface area contributed by atoms with Crippen molar-refractivity contribution in [3.05, 3.63) is 29.8 Å². The Balaban J connectivity index is 2.35. The van der Waals surface area contributed by atoms with Crippen LogP contribution in [0.2, 0.25) is 0 Å². The first-order valence-corrected chi connectivity index (χ1v) is 5.66. The van der Waals surface area contributed by atoms with E-state index in [0.29, 0.717) is 30.6 Å². The Kier molecular flexibility index (Phi) is 5.39. The fourth-order valence-corrected chi connectivity index (χ4v) is 1.38. The summed E-state index contributed by atoms with van der Waals surface area (Å²) >= 11 is 0. The van der Waals surface area contributed by atoms with E-state index in [0.717, 1.165) is 0 Å².